The number of carbonyl (C=O) groups excluding carboxylic acids is 1. The number of para-hydroxylation sites is 1. The molecule has 0 saturated heterocycles. The molecule has 2 aliphatic heterocycles. The van der Waals surface area contributed by atoms with Crippen molar-refractivity contribution in [3.8, 4) is 0 Å². The Morgan fingerprint density at radius 1 is 1.04 bits per heavy atom. The van der Waals surface area contributed by atoms with Gasteiger partial charge in [-0.05, 0) is 29.2 Å². The first-order valence-electron chi connectivity index (χ1n) is 7.99. The Labute approximate surface area is 139 Å². The van der Waals surface area contributed by atoms with E-state index in [-0.39, 0.29) is 12.5 Å². The molecule has 1 N–H and O–H groups in total. The van der Waals surface area contributed by atoms with Crippen molar-refractivity contribution >= 4 is 17.6 Å². The molecule has 4 rings (SSSR count). The van der Waals surface area contributed by atoms with Gasteiger partial charge in [0.2, 0.25) is 0 Å². The van der Waals surface area contributed by atoms with Crippen LogP contribution in [0.2, 0.25) is 0 Å². The molecule has 2 aromatic carbocycles. The van der Waals surface area contributed by atoms with Gasteiger partial charge in [-0.25, -0.2) is 0 Å². The number of benzene rings is 2. The van der Waals surface area contributed by atoms with Crippen molar-refractivity contribution in [2.24, 2.45) is 0 Å². The summed E-state index contributed by atoms with van der Waals surface area (Å²) >= 11 is 0. The lowest BCUT2D eigenvalue weighted by Gasteiger charge is -2.29. The number of anilines is 1. The van der Waals surface area contributed by atoms with Gasteiger partial charge < -0.3 is 14.7 Å². The Morgan fingerprint density at radius 3 is 2.54 bits per heavy atom. The Kier molecular flexibility index (Phi) is 3.58. The van der Waals surface area contributed by atoms with E-state index in [1.54, 1.807) is 23.1 Å². The van der Waals surface area contributed by atoms with Crippen molar-refractivity contribution in [2.75, 3.05) is 18.1 Å². The summed E-state index contributed by atoms with van der Waals surface area (Å²) in [4.78, 5) is 26.2. The monoisotopic (exact) mass is 323 g/mol. The zero-order valence-corrected chi connectivity index (χ0v) is 13.0. The highest BCUT2D eigenvalue weighted by Gasteiger charge is 2.40. The minimum absolute atomic E-state index is 0.148. The van der Waals surface area contributed by atoms with Crippen LogP contribution in [0.1, 0.15) is 28.7 Å². The normalized spacial score (nSPS) is 21.9. The average molecular weight is 323 g/mol. The van der Waals surface area contributed by atoms with E-state index in [1.807, 2.05) is 30.3 Å². The molecule has 24 heavy (non-hydrogen) atoms. The van der Waals surface area contributed by atoms with Gasteiger partial charge in [-0.2, -0.15) is 0 Å². The molecule has 0 fully saturated rings. The largest absolute Gasteiger partial charge is 0.481 e. The topological polar surface area (TPSA) is 66.8 Å². The first-order valence-corrected chi connectivity index (χ1v) is 7.99. The summed E-state index contributed by atoms with van der Waals surface area (Å²) in [6.45, 7) is 0.640. The highest BCUT2D eigenvalue weighted by atomic mass is 16.5. The number of aliphatic carboxylic acids is 1. The van der Waals surface area contributed by atoms with Crippen molar-refractivity contribution in [1.82, 2.24) is 0 Å². The molecule has 5 heteroatoms. The van der Waals surface area contributed by atoms with Crippen molar-refractivity contribution in [3.63, 3.8) is 0 Å². The fourth-order valence-electron chi connectivity index (χ4n) is 3.57. The molecule has 0 spiro atoms. The summed E-state index contributed by atoms with van der Waals surface area (Å²) in [5, 5.41) is 9.46. The molecule has 2 heterocycles. The molecule has 0 aromatic heterocycles. The Bertz CT molecular complexity index is 817. The highest BCUT2D eigenvalue weighted by molar-refractivity contribution is 6.01. The molecule has 5 nitrogen and oxygen atoms in total. The molecular weight excluding hydrogens is 306 g/mol. The van der Waals surface area contributed by atoms with Crippen LogP contribution in [0.4, 0.5) is 5.69 Å². The molecule has 0 bridgehead atoms. The number of rotatable bonds is 2. The maximum atomic E-state index is 13.1. The second-order valence-electron chi connectivity index (χ2n) is 6.10. The van der Waals surface area contributed by atoms with Gasteiger partial charge in [-0.1, -0.05) is 42.5 Å². The molecule has 2 aliphatic rings. The number of amides is 1. The third kappa shape index (κ3) is 2.29. The quantitative estimate of drug-likeness (QED) is 0.922. The first kappa shape index (κ1) is 14.9. The maximum Gasteiger partial charge on any atom is 0.312 e. The lowest BCUT2D eigenvalue weighted by Crippen LogP contribution is -2.38. The van der Waals surface area contributed by atoms with Crippen LogP contribution in [0.5, 0.6) is 0 Å². The number of ether oxygens (including phenoxy) is 1. The van der Waals surface area contributed by atoms with Gasteiger partial charge in [0.1, 0.15) is 5.92 Å². The molecule has 0 aliphatic carbocycles. The zero-order valence-electron chi connectivity index (χ0n) is 13.0. The van der Waals surface area contributed by atoms with E-state index in [9.17, 15) is 14.7 Å². The van der Waals surface area contributed by atoms with Crippen molar-refractivity contribution in [1.29, 1.82) is 0 Å². The number of carboxylic acid groups (broad SMARTS) is 1. The third-order valence-corrected chi connectivity index (χ3v) is 4.75. The van der Waals surface area contributed by atoms with Crippen LogP contribution in [-0.4, -0.2) is 30.1 Å². The lowest BCUT2D eigenvalue weighted by atomic mass is 9.97. The Hall–Kier alpha value is -2.66. The van der Waals surface area contributed by atoms with Gasteiger partial charge in [0.15, 0.2) is 6.10 Å². The second kappa shape index (κ2) is 5.76. The molecule has 2 atom stereocenters. The van der Waals surface area contributed by atoms with E-state index in [0.717, 1.165) is 17.5 Å². The molecule has 0 saturated carbocycles. The third-order valence-electron chi connectivity index (χ3n) is 4.75. The minimum Gasteiger partial charge on any atom is -0.481 e. The van der Waals surface area contributed by atoms with Crippen molar-refractivity contribution in [2.45, 2.75) is 18.4 Å². The van der Waals surface area contributed by atoms with E-state index < -0.39 is 18.0 Å². The van der Waals surface area contributed by atoms with Crippen molar-refractivity contribution < 1.29 is 19.4 Å². The second-order valence-corrected chi connectivity index (χ2v) is 6.10. The van der Waals surface area contributed by atoms with Gasteiger partial charge in [0.25, 0.3) is 5.91 Å². The van der Waals surface area contributed by atoms with Crippen LogP contribution < -0.4 is 4.90 Å². The lowest BCUT2D eigenvalue weighted by molar-refractivity contribution is -0.138. The number of fused-ring (bicyclic) bond motifs is 2. The molecular formula is C19H17NO4. The van der Waals surface area contributed by atoms with Gasteiger partial charge >= 0.3 is 5.97 Å². The van der Waals surface area contributed by atoms with E-state index in [1.165, 1.54) is 0 Å². The van der Waals surface area contributed by atoms with Crippen molar-refractivity contribution in [3.05, 3.63) is 65.2 Å². The molecule has 2 aromatic rings. The van der Waals surface area contributed by atoms with Gasteiger partial charge in [0, 0.05) is 12.2 Å². The molecule has 122 valence electrons. The smallest absolute Gasteiger partial charge is 0.312 e. The van der Waals surface area contributed by atoms with E-state index in [4.69, 9.17) is 4.74 Å². The fraction of sp³-hybridized carbons (Fsp3) is 0.263. The first-order chi connectivity index (χ1) is 11.7. The number of carboxylic acids is 1. The highest BCUT2D eigenvalue weighted by Crippen LogP contribution is 2.39. The molecule has 0 unspecified atom stereocenters. The fourth-order valence-corrected chi connectivity index (χ4v) is 3.57. The summed E-state index contributed by atoms with van der Waals surface area (Å²) in [7, 11) is 0. The van der Waals surface area contributed by atoms with Crippen LogP contribution in [0.15, 0.2) is 48.5 Å². The van der Waals surface area contributed by atoms with Gasteiger partial charge in [-0.3, -0.25) is 9.59 Å². The SMILES string of the molecule is O=C(O)[C@H]1CN(C(=O)[C@@H]2OCCc3ccccc32)c2ccccc21. The summed E-state index contributed by atoms with van der Waals surface area (Å²) in [5.41, 5.74) is 3.35. The number of hydrogen-bond acceptors (Lipinski definition) is 3. The average Bonchev–Trinajstić information content (AvgIpc) is 3.00. The van der Waals surface area contributed by atoms with E-state index in [0.29, 0.717) is 17.9 Å². The van der Waals surface area contributed by atoms with Crippen LogP contribution in [0.3, 0.4) is 0 Å². The maximum absolute atomic E-state index is 13.1. The number of nitrogens with zero attached hydrogens (tertiary/aromatic N) is 1. The predicted octanol–water partition coefficient (Wildman–Crippen LogP) is 2.52. The van der Waals surface area contributed by atoms with E-state index in [2.05, 4.69) is 0 Å². The minimum atomic E-state index is -0.914. The van der Waals surface area contributed by atoms with E-state index >= 15 is 0 Å². The zero-order chi connectivity index (χ0) is 16.7. The summed E-state index contributed by atoms with van der Waals surface area (Å²) < 4.78 is 5.75. The number of hydrogen-bond donors (Lipinski definition) is 1. The summed E-state index contributed by atoms with van der Waals surface area (Å²) in [5.74, 6) is -1.80. The Morgan fingerprint density at radius 2 is 1.75 bits per heavy atom. The molecule has 0 radical (unpaired) electrons. The van der Waals surface area contributed by atoms with Crippen LogP contribution in [-0.2, 0) is 20.7 Å². The van der Waals surface area contributed by atoms with Crippen LogP contribution >= 0.6 is 0 Å². The Balaban J connectivity index is 1.71. The summed E-state index contributed by atoms with van der Waals surface area (Å²) in [6.07, 6.45) is 0.115. The van der Waals surface area contributed by atoms with Crippen LogP contribution in [0.25, 0.3) is 0 Å². The van der Waals surface area contributed by atoms with Crippen LogP contribution in [0, 0.1) is 0 Å². The van der Waals surface area contributed by atoms with Gasteiger partial charge in [-0.15, -0.1) is 0 Å². The predicted molar refractivity (Wildman–Crippen MR) is 88.0 cm³/mol. The van der Waals surface area contributed by atoms with Gasteiger partial charge in [0.05, 0.1) is 6.61 Å². The summed E-state index contributed by atoms with van der Waals surface area (Å²) in [6, 6.07) is 15.0. The molecule has 1 amide bonds. The number of carbonyl (C=O) groups is 2. The standard InChI is InChI=1S/C19H17NO4/c21-18(17-13-6-2-1-5-12(13)9-10-24-17)20-11-15(19(22)23)14-7-3-4-8-16(14)20/h1-8,15,17H,9-11H2,(H,22,23)/t15-,17+/m0/s1.